The predicted octanol–water partition coefficient (Wildman–Crippen LogP) is 4.55. The standard InChI is InChI=1S/C39H56N8O4/c1-38(2,3)51-37(49)45-16-11-26(12-17-45)44-18-13-39(14-19-44)22-30(23-39)50-35-20-27(10-15-43-35)47-28-8-9-29(47)25-46(24-28)33(36(41)42)21-32(40)31-6-4-5-7-34(31)48/h4-7,10,15,20-21,26,28-30,48H,8-9,11-14,16-19,22-25,40-42H2,1-3H3/b32-21-. The Hall–Kier alpha value is -4.32. The second kappa shape index (κ2) is 14.0. The molecule has 2 bridgehead atoms. The van der Waals surface area contributed by atoms with Crippen LogP contribution in [0.4, 0.5) is 10.5 Å². The van der Waals surface area contributed by atoms with Crippen molar-refractivity contribution in [2.24, 2.45) is 22.6 Å². The molecule has 1 amide bonds. The number of nitrogens with zero attached hydrogens (tertiary/aromatic N) is 5. The summed E-state index contributed by atoms with van der Waals surface area (Å²) >= 11 is 0. The Bertz CT molecular complexity index is 1610. The Morgan fingerprint density at radius 3 is 2.22 bits per heavy atom. The smallest absolute Gasteiger partial charge is 0.410 e. The molecule has 4 saturated heterocycles. The number of phenolic OH excluding ortho intramolecular Hbond substituents is 1. The number of carbonyl (C=O) groups excluding carboxylic acids is 1. The second-order valence-corrected chi connectivity index (χ2v) is 16.4. The third-order valence-corrected chi connectivity index (χ3v) is 11.7. The lowest BCUT2D eigenvalue weighted by Gasteiger charge is -2.53. The highest BCUT2D eigenvalue weighted by molar-refractivity contribution is 5.70. The minimum Gasteiger partial charge on any atom is -0.507 e. The molecule has 2 unspecified atom stereocenters. The normalized spacial score (nSPS) is 24.4. The highest BCUT2D eigenvalue weighted by Gasteiger charge is 2.48. The van der Waals surface area contributed by atoms with Crippen molar-refractivity contribution in [3.8, 4) is 11.6 Å². The van der Waals surface area contributed by atoms with Crippen molar-refractivity contribution < 1.29 is 19.4 Å². The fourth-order valence-corrected chi connectivity index (χ4v) is 9.12. The average Bonchev–Trinajstić information content (AvgIpc) is 3.35. The number of hydrogen-bond acceptors (Lipinski definition) is 11. The van der Waals surface area contributed by atoms with E-state index in [2.05, 4.69) is 31.8 Å². The van der Waals surface area contributed by atoms with Gasteiger partial charge in [0, 0.05) is 73.5 Å². The van der Waals surface area contributed by atoms with Crippen molar-refractivity contribution in [2.45, 2.75) is 102 Å². The highest BCUT2D eigenvalue weighted by Crippen LogP contribution is 2.51. The molecule has 5 heterocycles. The van der Waals surface area contributed by atoms with Crippen LogP contribution in [0.1, 0.15) is 77.7 Å². The zero-order chi connectivity index (χ0) is 35.9. The summed E-state index contributed by atoms with van der Waals surface area (Å²) in [7, 11) is 0. The van der Waals surface area contributed by atoms with Crippen molar-refractivity contribution in [1.29, 1.82) is 0 Å². The fraction of sp³-hybridized carbons (Fsp3) is 0.590. The van der Waals surface area contributed by atoms with E-state index in [0.29, 0.717) is 34.3 Å². The first kappa shape index (κ1) is 35.1. The summed E-state index contributed by atoms with van der Waals surface area (Å²) in [5.41, 5.74) is 21.5. The van der Waals surface area contributed by atoms with Gasteiger partial charge in [-0.2, -0.15) is 0 Å². The maximum atomic E-state index is 12.5. The topological polar surface area (TPSA) is 160 Å². The molecule has 2 atom stereocenters. The zero-order valence-corrected chi connectivity index (χ0v) is 30.5. The van der Waals surface area contributed by atoms with Gasteiger partial charge < -0.3 is 51.4 Å². The molecular weight excluding hydrogens is 644 g/mol. The molecule has 12 heteroatoms. The number of rotatable bonds is 7. The van der Waals surface area contributed by atoms with E-state index in [1.165, 1.54) is 12.8 Å². The van der Waals surface area contributed by atoms with E-state index in [9.17, 15) is 9.90 Å². The number of piperidine rings is 2. The maximum absolute atomic E-state index is 12.5. The van der Waals surface area contributed by atoms with E-state index < -0.39 is 5.60 Å². The van der Waals surface area contributed by atoms with Gasteiger partial charge in [-0.25, -0.2) is 9.78 Å². The van der Waals surface area contributed by atoms with Crippen LogP contribution in [0.25, 0.3) is 5.70 Å². The molecule has 276 valence electrons. The van der Waals surface area contributed by atoms with Crippen LogP contribution in [-0.4, -0.2) is 100.0 Å². The number of aromatic nitrogens is 1. The number of ether oxygens (including phenoxy) is 2. The Labute approximate surface area is 302 Å². The number of hydrogen-bond donors (Lipinski definition) is 4. The van der Waals surface area contributed by atoms with Crippen LogP contribution >= 0.6 is 0 Å². The summed E-state index contributed by atoms with van der Waals surface area (Å²) in [5.74, 6) is 1.04. The van der Waals surface area contributed by atoms with Gasteiger partial charge >= 0.3 is 6.09 Å². The Balaban J connectivity index is 0.900. The third kappa shape index (κ3) is 7.66. The lowest BCUT2D eigenvalue weighted by atomic mass is 9.61. The van der Waals surface area contributed by atoms with Crippen LogP contribution in [-0.2, 0) is 4.74 Å². The number of carbonyl (C=O) groups is 1. The number of nitrogens with two attached hydrogens (primary N) is 3. The SMILES string of the molecule is CC(C)(C)OC(=O)N1CCC(N2CCC3(CC2)CC(Oc2cc(N4C5CCC4CN(C(/C=C(\N)c4ccccc4O)=C(N)N)C5)ccn2)C3)CC1. The molecule has 1 aromatic heterocycles. The lowest BCUT2D eigenvalue weighted by molar-refractivity contribution is -0.0667. The van der Waals surface area contributed by atoms with E-state index >= 15 is 0 Å². The number of phenols is 1. The number of aromatic hydroxyl groups is 1. The molecular formula is C39H56N8O4. The van der Waals surface area contributed by atoms with Crippen LogP contribution in [0, 0.1) is 5.41 Å². The third-order valence-electron chi connectivity index (χ3n) is 11.7. The van der Waals surface area contributed by atoms with Gasteiger partial charge in [-0.15, -0.1) is 0 Å². The van der Waals surface area contributed by atoms with Gasteiger partial charge in [-0.1, -0.05) is 12.1 Å². The largest absolute Gasteiger partial charge is 0.507 e. The van der Waals surface area contributed by atoms with Gasteiger partial charge in [0.1, 0.15) is 23.3 Å². The van der Waals surface area contributed by atoms with Gasteiger partial charge in [0.05, 0.1) is 5.70 Å². The molecule has 1 spiro atoms. The quantitative estimate of drug-likeness (QED) is 0.300. The van der Waals surface area contributed by atoms with Crippen molar-refractivity contribution in [2.75, 3.05) is 44.2 Å². The molecule has 7 N–H and O–H groups in total. The molecule has 5 aliphatic rings. The maximum Gasteiger partial charge on any atom is 0.410 e. The highest BCUT2D eigenvalue weighted by atomic mass is 16.6. The van der Waals surface area contributed by atoms with Gasteiger partial charge in [0.25, 0.3) is 0 Å². The van der Waals surface area contributed by atoms with E-state index in [0.717, 1.165) is 83.5 Å². The van der Waals surface area contributed by atoms with Gasteiger partial charge in [-0.05, 0) is 115 Å². The van der Waals surface area contributed by atoms with Crippen LogP contribution in [0.5, 0.6) is 11.6 Å². The molecule has 1 saturated carbocycles. The molecule has 0 radical (unpaired) electrons. The van der Waals surface area contributed by atoms with Crippen LogP contribution in [0.2, 0.25) is 0 Å². The second-order valence-electron chi connectivity index (χ2n) is 16.4. The zero-order valence-electron chi connectivity index (χ0n) is 30.5. The Morgan fingerprint density at radius 2 is 1.59 bits per heavy atom. The minimum atomic E-state index is -0.456. The number of benzene rings is 1. The summed E-state index contributed by atoms with van der Waals surface area (Å²) < 4.78 is 12.1. The average molecular weight is 701 g/mol. The summed E-state index contributed by atoms with van der Waals surface area (Å²) in [6, 6.07) is 12.3. The molecule has 4 aliphatic heterocycles. The number of anilines is 1. The summed E-state index contributed by atoms with van der Waals surface area (Å²) in [6.45, 7) is 11.1. The van der Waals surface area contributed by atoms with Crippen molar-refractivity contribution in [3.63, 3.8) is 0 Å². The van der Waals surface area contributed by atoms with Crippen LogP contribution < -0.4 is 26.8 Å². The number of piperazine rings is 1. The van der Waals surface area contributed by atoms with E-state index in [-0.39, 0.29) is 35.9 Å². The van der Waals surface area contributed by atoms with E-state index in [4.69, 9.17) is 26.7 Å². The number of likely N-dealkylation sites (tertiary alicyclic amines) is 3. The Morgan fingerprint density at radius 1 is 0.922 bits per heavy atom. The fourth-order valence-electron chi connectivity index (χ4n) is 9.12. The van der Waals surface area contributed by atoms with Gasteiger partial charge in [0.2, 0.25) is 5.88 Å². The predicted molar refractivity (Wildman–Crippen MR) is 198 cm³/mol. The van der Waals surface area contributed by atoms with Crippen LogP contribution in [0.3, 0.4) is 0 Å². The molecule has 1 aliphatic carbocycles. The van der Waals surface area contributed by atoms with Crippen molar-refractivity contribution >= 4 is 17.5 Å². The summed E-state index contributed by atoms with van der Waals surface area (Å²) in [4.78, 5) is 26.4. The van der Waals surface area contributed by atoms with Crippen molar-refractivity contribution in [3.05, 3.63) is 65.8 Å². The molecule has 2 aromatic rings. The molecule has 12 nitrogen and oxygen atoms in total. The monoisotopic (exact) mass is 700 g/mol. The lowest BCUT2D eigenvalue weighted by Crippen LogP contribution is -2.55. The molecule has 1 aromatic carbocycles. The van der Waals surface area contributed by atoms with Gasteiger partial charge in [0.15, 0.2) is 0 Å². The first-order valence-electron chi connectivity index (χ1n) is 18.8. The molecule has 7 rings (SSSR count). The molecule has 51 heavy (non-hydrogen) atoms. The van der Waals surface area contributed by atoms with Crippen molar-refractivity contribution in [1.82, 2.24) is 19.7 Å². The number of amides is 1. The van der Waals surface area contributed by atoms with Crippen LogP contribution in [0.15, 0.2) is 60.2 Å². The first-order chi connectivity index (χ1) is 24.4. The minimum absolute atomic E-state index is 0.120. The number of para-hydroxylation sites is 1. The summed E-state index contributed by atoms with van der Waals surface area (Å²) in [6.07, 6.45) is 12.4. The number of allylic oxidation sites excluding steroid dienone is 1. The number of pyridine rings is 1. The first-order valence-corrected chi connectivity index (χ1v) is 18.8. The van der Waals surface area contributed by atoms with E-state index in [1.807, 2.05) is 37.9 Å². The number of fused-ring (bicyclic) bond motifs is 2. The summed E-state index contributed by atoms with van der Waals surface area (Å²) in [5, 5.41) is 10.3. The van der Waals surface area contributed by atoms with E-state index in [1.54, 1.807) is 24.3 Å². The van der Waals surface area contributed by atoms with Gasteiger partial charge in [-0.3, -0.25) is 0 Å². The molecule has 5 fully saturated rings. The Kier molecular flexibility index (Phi) is 9.64.